The van der Waals surface area contributed by atoms with Crippen molar-refractivity contribution in [2.75, 3.05) is 32.5 Å². The molecular weight excluding hydrogens is 310 g/mol. The number of rotatable bonds is 5. The first-order valence-electron chi connectivity index (χ1n) is 7.78. The molecule has 0 amide bonds. The van der Waals surface area contributed by atoms with E-state index < -0.39 is 0 Å². The summed E-state index contributed by atoms with van der Waals surface area (Å²) in [6.07, 6.45) is 1.07. The highest BCUT2D eigenvalue weighted by Crippen LogP contribution is 2.33. The number of hydrogen-bond donors (Lipinski definition) is 1. The number of fused-ring (bicyclic) bond motifs is 2. The molecule has 23 heavy (non-hydrogen) atoms. The van der Waals surface area contributed by atoms with Gasteiger partial charge in [0.25, 0.3) is 0 Å². The van der Waals surface area contributed by atoms with Crippen LogP contribution >= 0.6 is 11.6 Å². The Morgan fingerprint density at radius 1 is 1.30 bits per heavy atom. The van der Waals surface area contributed by atoms with E-state index >= 15 is 0 Å². The number of halogens is 1. The van der Waals surface area contributed by atoms with Crippen LogP contribution in [-0.4, -0.2) is 46.8 Å². The van der Waals surface area contributed by atoms with Gasteiger partial charge in [-0.15, -0.1) is 0 Å². The molecular formula is C17H22ClN5. The lowest BCUT2D eigenvalue weighted by Crippen LogP contribution is -2.16. The van der Waals surface area contributed by atoms with E-state index in [9.17, 15) is 0 Å². The fraction of sp³-hybridized carbons (Fsp3) is 0.412. The van der Waals surface area contributed by atoms with Gasteiger partial charge >= 0.3 is 0 Å². The summed E-state index contributed by atoms with van der Waals surface area (Å²) in [4.78, 5) is 6.94. The van der Waals surface area contributed by atoms with Crippen LogP contribution in [0.15, 0.2) is 18.2 Å². The third-order valence-corrected chi connectivity index (χ3v) is 4.22. The van der Waals surface area contributed by atoms with Gasteiger partial charge in [0, 0.05) is 24.0 Å². The molecule has 0 spiro atoms. The summed E-state index contributed by atoms with van der Waals surface area (Å²) in [5, 5.41) is 11.0. The first kappa shape index (κ1) is 16.0. The first-order chi connectivity index (χ1) is 11.0. The van der Waals surface area contributed by atoms with E-state index in [4.69, 9.17) is 16.6 Å². The SMILES string of the molecule is Cc1nn(C)c2nc3cc(Cl)ccc3c(NCCCN(C)C)c12. The molecule has 0 saturated carbocycles. The van der Waals surface area contributed by atoms with Gasteiger partial charge in [-0.3, -0.25) is 4.68 Å². The maximum absolute atomic E-state index is 6.14. The van der Waals surface area contributed by atoms with Crippen LogP contribution in [0, 0.1) is 6.92 Å². The highest BCUT2D eigenvalue weighted by Gasteiger charge is 2.15. The number of hydrogen-bond acceptors (Lipinski definition) is 4. The van der Waals surface area contributed by atoms with E-state index in [1.54, 1.807) is 0 Å². The Hall–Kier alpha value is -1.85. The molecule has 0 radical (unpaired) electrons. The molecule has 6 heteroatoms. The average Bonchev–Trinajstić information content (AvgIpc) is 2.76. The van der Waals surface area contributed by atoms with Gasteiger partial charge in [-0.1, -0.05) is 11.6 Å². The Morgan fingerprint density at radius 2 is 2.09 bits per heavy atom. The predicted octanol–water partition coefficient (Wildman–Crippen LogP) is 3.45. The van der Waals surface area contributed by atoms with Gasteiger partial charge in [0.2, 0.25) is 0 Å². The topological polar surface area (TPSA) is 46.0 Å². The van der Waals surface area contributed by atoms with Crippen molar-refractivity contribution in [3.8, 4) is 0 Å². The molecule has 1 N–H and O–H groups in total. The zero-order chi connectivity index (χ0) is 16.6. The average molecular weight is 332 g/mol. The van der Waals surface area contributed by atoms with Gasteiger partial charge in [-0.05, 0) is 52.2 Å². The highest BCUT2D eigenvalue weighted by atomic mass is 35.5. The molecule has 0 bridgehead atoms. The van der Waals surface area contributed by atoms with Crippen LogP contribution in [0.3, 0.4) is 0 Å². The van der Waals surface area contributed by atoms with Gasteiger partial charge < -0.3 is 10.2 Å². The van der Waals surface area contributed by atoms with Crippen molar-refractivity contribution < 1.29 is 0 Å². The second-order valence-corrected chi connectivity index (χ2v) is 6.58. The number of benzene rings is 1. The van der Waals surface area contributed by atoms with Crippen molar-refractivity contribution >= 4 is 39.2 Å². The molecule has 1 aromatic carbocycles. The van der Waals surface area contributed by atoms with Crippen LogP contribution in [0.1, 0.15) is 12.1 Å². The van der Waals surface area contributed by atoms with Gasteiger partial charge in [-0.2, -0.15) is 5.10 Å². The van der Waals surface area contributed by atoms with Gasteiger partial charge in [0.1, 0.15) is 0 Å². The number of anilines is 1. The number of aryl methyl sites for hydroxylation is 2. The van der Waals surface area contributed by atoms with Crippen molar-refractivity contribution in [1.29, 1.82) is 0 Å². The number of nitrogens with one attached hydrogen (secondary N) is 1. The first-order valence-corrected chi connectivity index (χ1v) is 8.16. The lowest BCUT2D eigenvalue weighted by atomic mass is 10.1. The van der Waals surface area contributed by atoms with Crippen molar-refractivity contribution in [2.45, 2.75) is 13.3 Å². The van der Waals surface area contributed by atoms with Crippen molar-refractivity contribution in [3.05, 3.63) is 28.9 Å². The monoisotopic (exact) mass is 331 g/mol. The van der Waals surface area contributed by atoms with E-state index in [2.05, 4.69) is 29.4 Å². The van der Waals surface area contributed by atoms with Crippen molar-refractivity contribution in [1.82, 2.24) is 19.7 Å². The molecule has 0 saturated heterocycles. The molecule has 0 aliphatic heterocycles. The van der Waals surface area contributed by atoms with Crippen LogP contribution < -0.4 is 5.32 Å². The van der Waals surface area contributed by atoms with Crippen LogP contribution in [-0.2, 0) is 7.05 Å². The normalized spacial score (nSPS) is 11.7. The Labute approximate surface area is 141 Å². The minimum absolute atomic E-state index is 0.696. The Balaban J connectivity index is 2.10. The molecule has 2 heterocycles. The molecule has 2 aromatic heterocycles. The third-order valence-electron chi connectivity index (χ3n) is 3.98. The van der Waals surface area contributed by atoms with E-state index in [0.717, 1.165) is 52.8 Å². The fourth-order valence-corrected chi connectivity index (χ4v) is 3.08. The minimum Gasteiger partial charge on any atom is -0.384 e. The summed E-state index contributed by atoms with van der Waals surface area (Å²) < 4.78 is 1.83. The summed E-state index contributed by atoms with van der Waals surface area (Å²) in [6.45, 7) is 3.98. The highest BCUT2D eigenvalue weighted by molar-refractivity contribution is 6.31. The molecule has 122 valence electrons. The Bertz CT molecular complexity index is 853. The molecule has 0 aliphatic carbocycles. The summed E-state index contributed by atoms with van der Waals surface area (Å²) in [7, 11) is 6.11. The van der Waals surface area contributed by atoms with Crippen molar-refractivity contribution in [3.63, 3.8) is 0 Å². The Morgan fingerprint density at radius 3 is 2.83 bits per heavy atom. The molecule has 0 aliphatic rings. The maximum Gasteiger partial charge on any atom is 0.160 e. The van der Waals surface area contributed by atoms with Gasteiger partial charge in [0.15, 0.2) is 5.65 Å². The van der Waals surface area contributed by atoms with Crippen LogP contribution in [0.2, 0.25) is 5.02 Å². The van der Waals surface area contributed by atoms with E-state index in [0.29, 0.717) is 5.02 Å². The van der Waals surface area contributed by atoms with Crippen molar-refractivity contribution in [2.24, 2.45) is 7.05 Å². The van der Waals surface area contributed by atoms with Crippen LogP contribution in [0.25, 0.3) is 21.9 Å². The molecule has 3 rings (SSSR count). The zero-order valence-electron chi connectivity index (χ0n) is 14.0. The minimum atomic E-state index is 0.696. The maximum atomic E-state index is 6.14. The van der Waals surface area contributed by atoms with E-state index in [1.165, 1.54) is 0 Å². The van der Waals surface area contributed by atoms with E-state index in [-0.39, 0.29) is 0 Å². The molecule has 0 atom stereocenters. The van der Waals surface area contributed by atoms with E-state index in [1.807, 2.05) is 36.9 Å². The third kappa shape index (κ3) is 3.12. The molecule has 0 fully saturated rings. The zero-order valence-corrected chi connectivity index (χ0v) is 14.8. The lowest BCUT2D eigenvalue weighted by molar-refractivity contribution is 0.405. The quantitative estimate of drug-likeness (QED) is 0.727. The van der Waals surface area contributed by atoms with Gasteiger partial charge in [0.05, 0.1) is 22.3 Å². The number of aromatic nitrogens is 3. The largest absolute Gasteiger partial charge is 0.384 e. The lowest BCUT2D eigenvalue weighted by Gasteiger charge is -2.14. The second-order valence-electron chi connectivity index (χ2n) is 6.14. The summed E-state index contributed by atoms with van der Waals surface area (Å²) in [6, 6.07) is 5.85. The van der Waals surface area contributed by atoms with Crippen LogP contribution in [0.5, 0.6) is 0 Å². The number of nitrogens with zero attached hydrogens (tertiary/aromatic N) is 4. The molecule has 3 aromatic rings. The predicted molar refractivity (Wildman–Crippen MR) is 97.4 cm³/mol. The van der Waals surface area contributed by atoms with Crippen LogP contribution in [0.4, 0.5) is 5.69 Å². The summed E-state index contributed by atoms with van der Waals surface area (Å²) in [5.41, 5.74) is 3.86. The smallest absolute Gasteiger partial charge is 0.160 e. The second kappa shape index (κ2) is 6.34. The molecule has 5 nitrogen and oxygen atoms in total. The standard InChI is InChI=1S/C17H22ClN5/c1-11-15-16(19-8-5-9-22(2)3)13-7-6-12(18)10-14(13)20-17(15)23(4)21-11/h6-7,10H,5,8-9H2,1-4H3,(H,19,20). The fourth-order valence-electron chi connectivity index (χ4n) is 2.92. The Kier molecular flexibility index (Phi) is 4.41. The molecule has 0 unspecified atom stereocenters. The number of pyridine rings is 1. The summed E-state index contributed by atoms with van der Waals surface area (Å²) in [5.74, 6) is 0. The van der Waals surface area contributed by atoms with Gasteiger partial charge in [-0.25, -0.2) is 4.98 Å². The summed E-state index contributed by atoms with van der Waals surface area (Å²) >= 11 is 6.14.